The number of halogens is 2. The van der Waals surface area contributed by atoms with E-state index in [0.29, 0.717) is 10.5 Å². The molecule has 1 saturated carbocycles. The van der Waals surface area contributed by atoms with E-state index in [-0.39, 0.29) is 5.82 Å². The van der Waals surface area contributed by atoms with Crippen LogP contribution in [0.15, 0.2) is 28.9 Å². The minimum Gasteiger partial charge on any atom is -0.326 e. The van der Waals surface area contributed by atoms with Gasteiger partial charge in [0.15, 0.2) is 0 Å². The van der Waals surface area contributed by atoms with Crippen molar-refractivity contribution < 1.29 is 4.39 Å². The summed E-state index contributed by atoms with van der Waals surface area (Å²) in [6.45, 7) is 1.98. The van der Waals surface area contributed by atoms with Gasteiger partial charge >= 0.3 is 0 Å². The largest absolute Gasteiger partial charge is 0.326 e. The second-order valence-electron chi connectivity index (χ2n) is 4.60. The minimum atomic E-state index is -0.262. The molecule has 2 aromatic rings. The fourth-order valence-electron chi connectivity index (χ4n) is 1.94. The molecule has 1 aliphatic carbocycles. The molecular formula is C13H13BrFN3. The van der Waals surface area contributed by atoms with Crippen molar-refractivity contribution >= 4 is 27.6 Å². The van der Waals surface area contributed by atoms with Crippen LogP contribution in [0.3, 0.4) is 0 Å². The number of benzene rings is 1. The predicted molar refractivity (Wildman–Crippen MR) is 72.6 cm³/mol. The Morgan fingerprint density at radius 1 is 1.44 bits per heavy atom. The van der Waals surface area contributed by atoms with E-state index in [1.165, 1.54) is 18.9 Å². The number of aryl methyl sites for hydroxylation is 1. The molecule has 1 aromatic heterocycles. The van der Waals surface area contributed by atoms with Crippen LogP contribution in [0, 0.1) is 12.7 Å². The third-order valence-corrected chi connectivity index (χ3v) is 3.58. The van der Waals surface area contributed by atoms with Crippen LogP contribution in [0.2, 0.25) is 0 Å². The quantitative estimate of drug-likeness (QED) is 0.922. The molecule has 0 bridgehead atoms. The zero-order chi connectivity index (χ0) is 12.7. The van der Waals surface area contributed by atoms with Crippen LogP contribution >= 0.6 is 15.9 Å². The number of aromatic nitrogens is 2. The topological polar surface area (TPSA) is 29.9 Å². The molecule has 0 unspecified atom stereocenters. The number of anilines is 2. The number of rotatable bonds is 3. The summed E-state index contributed by atoms with van der Waals surface area (Å²) in [7, 11) is 0. The maximum absolute atomic E-state index is 13.2. The lowest BCUT2D eigenvalue weighted by molar-refractivity contribution is 0.621. The number of nitrogens with one attached hydrogen (secondary N) is 1. The number of imidazole rings is 1. The minimum absolute atomic E-state index is 0.262. The van der Waals surface area contributed by atoms with Gasteiger partial charge < -0.3 is 9.88 Å². The van der Waals surface area contributed by atoms with E-state index in [9.17, 15) is 4.39 Å². The van der Waals surface area contributed by atoms with Crippen LogP contribution in [0.5, 0.6) is 0 Å². The van der Waals surface area contributed by atoms with Gasteiger partial charge in [-0.25, -0.2) is 9.37 Å². The summed E-state index contributed by atoms with van der Waals surface area (Å²) in [6, 6.07) is 5.43. The lowest BCUT2D eigenvalue weighted by Crippen LogP contribution is -2.01. The molecule has 0 aliphatic heterocycles. The fourth-order valence-corrected chi connectivity index (χ4v) is 2.32. The molecule has 1 heterocycles. The lowest BCUT2D eigenvalue weighted by Gasteiger charge is -2.09. The van der Waals surface area contributed by atoms with Crippen molar-refractivity contribution in [3.05, 3.63) is 40.4 Å². The Morgan fingerprint density at radius 3 is 2.89 bits per heavy atom. The predicted octanol–water partition coefficient (Wildman–Crippen LogP) is 4.17. The van der Waals surface area contributed by atoms with Gasteiger partial charge in [-0.2, -0.15) is 0 Å². The van der Waals surface area contributed by atoms with E-state index >= 15 is 0 Å². The van der Waals surface area contributed by atoms with E-state index in [2.05, 4.69) is 37.0 Å². The number of nitrogens with zero attached hydrogens (tertiary/aromatic N) is 2. The third-order valence-electron chi connectivity index (χ3n) is 2.97. The van der Waals surface area contributed by atoms with Crippen molar-refractivity contribution in [2.24, 2.45) is 0 Å². The summed E-state index contributed by atoms with van der Waals surface area (Å²) in [5, 5.41) is 3.24. The monoisotopic (exact) mass is 309 g/mol. The Kier molecular flexibility index (Phi) is 2.86. The SMILES string of the molecule is Cc1cn(C2CC2)c(Nc2ccc(F)c(Br)c2)n1. The van der Waals surface area contributed by atoms with Gasteiger partial charge in [0.2, 0.25) is 5.95 Å². The van der Waals surface area contributed by atoms with Gasteiger partial charge in [0.05, 0.1) is 10.2 Å². The Bertz CT molecular complexity index is 590. The second kappa shape index (κ2) is 4.39. The van der Waals surface area contributed by atoms with Gasteiger partial charge in [-0.1, -0.05) is 0 Å². The van der Waals surface area contributed by atoms with Crippen LogP contribution < -0.4 is 5.32 Å². The molecule has 0 radical (unpaired) electrons. The first-order chi connectivity index (χ1) is 8.63. The number of hydrogen-bond donors (Lipinski definition) is 1. The summed E-state index contributed by atoms with van der Waals surface area (Å²) < 4.78 is 15.8. The molecule has 3 rings (SSSR count). The first kappa shape index (κ1) is 11.7. The highest BCUT2D eigenvalue weighted by atomic mass is 79.9. The Morgan fingerprint density at radius 2 is 2.22 bits per heavy atom. The lowest BCUT2D eigenvalue weighted by atomic mass is 10.3. The van der Waals surface area contributed by atoms with Crippen LogP contribution in [0.25, 0.3) is 0 Å². The van der Waals surface area contributed by atoms with Crippen LogP contribution in [-0.2, 0) is 0 Å². The summed E-state index contributed by atoms with van der Waals surface area (Å²) in [5.74, 6) is 0.566. The third kappa shape index (κ3) is 2.27. The summed E-state index contributed by atoms with van der Waals surface area (Å²) in [6.07, 6.45) is 4.47. The highest BCUT2D eigenvalue weighted by molar-refractivity contribution is 9.10. The van der Waals surface area contributed by atoms with Crippen molar-refractivity contribution in [1.29, 1.82) is 0 Å². The summed E-state index contributed by atoms with van der Waals surface area (Å²) in [4.78, 5) is 4.46. The van der Waals surface area contributed by atoms with Gasteiger partial charge in [-0.05, 0) is 53.9 Å². The van der Waals surface area contributed by atoms with Gasteiger partial charge in [-0.15, -0.1) is 0 Å². The van der Waals surface area contributed by atoms with E-state index in [1.807, 2.05) is 6.92 Å². The highest BCUT2D eigenvalue weighted by Crippen LogP contribution is 2.38. The molecule has 1 aromatic carbocycles. The molecule has 5 heteroatoms. The van der Waals surface area contributed by atoms with Crippen LogP contribution in [0.1, 0.15) is 24.6 Å². The van der Waals surface area contributed by atoms with Crippen molar-refractivity contribution in [2.45, 2.75) is 25.8 Å². The van der Waals surface area contributed by atoms with Crippen LogP contribution in [-0.4, -0.2) is 9.55 Å². The van der Waals surface area contributed by atoms with Gasteiger partial charge in [0, 0.05) is 17.9 Å². The summed E-state index contributed by atoms with van der Waals surface area (Å²) in [5.41, 5.74) is 1.82. The van der Waals surface area contributed by atoms with Gasteiger partial charge in [0.1, 0.15) is 5.82 Å². The maximum Gasteiger partial charge on any atom is 0.207 e. The van der Waals surface area contributed by atoms with Crippen molar-refractivity contribution in [1.82, 2.24) is 9.55 Å². The highest BCUT2D eigenvalue weighted by Gasteiger charge is 2.26. The van der Waals surface area contributed by atoms with Gasteiger partial charge in [0.25, 0.3) is 0 Å². The fraction of sp³-hybridized carbons (Fsp3) is 0.308. The smallest absolute Gasteiger partial charge is 0.207 e. The zero-order valence-electron chi connectivity index (χ0n) is 9.95. The molecule has 0 atom stereocenters. The van der Waals surface area contributed by atoms with Crippen LogP contribution in [0.4, 0.5) is 16.0 Å². The molecule has 1 aliphatic rings. The van der Waals surface area contributed by atoms with E-state index in [1.54, 1.807) is 12.1 Å². The van der Waals surface area contributed by atoms with Crippen molar-refractivity contribution in [3.8, 4) is 0 Å². The number of hydrogen-bond acceptors (Lipinski definition) is 2. The average Bonchev–Trinajstić information content (AvgIpc) is 3.09. The first-order valence-electron chi connectivity index (χ1n) is 5.91. The molecule has 3 nitrogen and oxygen atoms in total. The maximum atomic E-state index is 13.2. The van der Waals surface area contributed by atoms with E-state index in [4.69, 9.17) is 0 Å². The standard InChI is InChI=1S/C13H13BrFN3/c1-8-7-18(10-3-4-10)13(16-8)17-9-2-5-12(15)11(14)6-9/h2,5-7,10H,3-4H2,1H3,(H,16,17). The average molecular weight is 310 g/mol. The Balaban J connectivity index is 1.89. The summed E-state index contributed by atoms with van der Waals surface area (Å²) >= 11 is 3.18. The molecule has 94 valence electrons. The Labute approximate surface area is 113 Å². The van der Waals surface area contributed by atoms with E-state index in [0.717, 1.165) is 17.3 Å². The van der Waals surface area contributed by atoms with Gasteiger partial charge in [-0.3, -0.25) is 0 Å². The molecule has 0 amide bonds. The first-order valence-corrected chi connectivity index (χ1v) is 6.70. The van der Waals surface area contributed by atoms with Crippen molar-refractivity contribution in [2.75, 3.05) is 5.32 Å². The Hall–Kier alpha value is -1.36. The second-order valence-corrected chi connectivity index (χ2v) is 5.45. The molecule has 1 fully saturated rings. The zero-order valence-corrected chi connectivity index (χ0v) is 11.5. The molecular weight excluding hydrogens is 297 g/mol. The molecule has 1 N–H and O–H groups in total. The molecule has 0 saturated heterocycles. The van der Waals surface area contributed by atoms with E-state index < -0.39 is 0 Å². The van der Waals surface area contributed by atoms with Crippen molar-refractivity contribution in [3.63, 3.8) is 0 Å². The molecule has 0 spiro atoms. The molecule has 18 heavy (non-hydrogen) atoms. The normalized spacial score (nSPS) is 14.8.